The first-order valence-electron chi connectivity index (χ1n) is 9.05. The van der Waals surface area contributed by atoms with E-state index in [0.717, 1.165) is 30.1 Å². The van der Waals surface area contributed by atoms with E-state index in [1.54, 1.807) is 0 Å². The Morgan fingerprint density at radius 2 is 2.05 bits per heavy atom. The van der Waals surface area contributed by atoms with Crippen LogP contribution < -0.4 is 0 Å². The van der Waals surface area contributed by atoms with Gasteiger partial charge in [0.2, 0.25) is 0 Å². The average molecular weight is 301 g/mol. The van der Waals surface area contributed by atoms with Crippen LogP contribution in [-0.2, 0) is 0 Å². The van der Waals surface area contributed by atoms with E-state index in [1.807, 2.05) is 31.2 Å². The third-order valence-corrected chi connectivity index (χ3v) is 4.93. The highest BCUT2D eigenvalue weighted by Crippen LogP contribution is 2.22. The van der Waals surface area contributed by atoms with Gasteiger partial charge in [0.15, 0.2) is 5.78 Å². The SMILES string of the molecule is CCCCC1CCCCN1CCCC(=O)c1ccccc1C. The number of hydrogen-bond acceptors (Lipinski definition) is 2. The molecule has 0 amide bonds. The molecule has 0 aromatic heterocycles. The number of rotatable bonds is 8. The summed E-state index contributed by atoms with van der Waals surface area (Å²) in [5.41, 5.74) is 2.01. The molecule has 0 saturated carbocycles. The van der Waals surface area contributed by atoms with E-state index in [-0.39, 0.29) is 0 Å². The van der Waals surface area contributed by atoms with Crippen LogP contribution in [0.2, 0.25) is 0 Å². The van der Waals surface area contributed by atoms with Crippen molar-refractivity contribution in [3.8, 4) is 0 Å². The maximum atomic E-state index is 12.3. The van der Waals surface area contributed by atoms with Crippen LogP contribution in [0.25, 0.3) is 0 Å². The topological polar surface area (TPSA) is 20.3 Å². The molecule has 0 aliphatic carbocycles. The van der Waals surface area contributed by atoms with Gasteiger partial charge in [-0.25, -0.2) is 0 Å². The predicted molar refractivity (Wildman–Crippen MR) is 93.5 cm³/mol. The summed E-state index contributed by atoms with van der Waals surface area (Å²) in [4.78, 5) is 15.0. The molecule has 2 nitrogen and oxygen atoms in total. The van der Waals surface area contributed by atoms with Gasteiger partial charge in [-0.2, -0.15) is 0 Å². The van der Waals surface area contributed by atoms with Gasteiger partial charge in [-0.1, -0.05) is 50.5 Å². The molecule has 122 valence electrons. The average Bonchev–Trinajstić information content (AvgIpc) is 2.54. The summed E-state index contributed by atoms with van der Waals surface area (Å²) in [5, 5.41) is 0. The minimum atomic E-state index is 0.306. The van der Waals surface area contributed by atoms with Crippen LogP contribution in [-0.4, -0.2) is 29.8 Å². The van der Waals surface area contributed by atoms with E-state index in [9.17, 15) is 4.79 Å². The van der Waals surface area contributed by atoms with Crippen molar-refractivity contribution in [1.82, 2.24) is 4.90 Å². The van der Waals surface area contributed by atoms with Crippen LogP contribution in [0.1, 0.15) is 74.2 Å². The number of likely N-dealkylation sites (tertiary alicyclic amines) is 1. The first-order chi connectivity index (χ1) is 10.7. The molecule has 1 heterocycles. The van der Waals surface area contributed by atoms with E-state index < -0.39 is 0 Å². The summed E-state index contributed by atoms with van der Waals surface area (Å²) in [6, 6.07) is 8.72. The van der Waals surface area contributed by atoms with Crippen molar-refractivity contribution in [1.29, 1.82) is 0 Å². The highest BCUT2D eigenvalue weighted by Gasteiger charge is 2.21. The van der Waals surface area contributed by atoms with Gasteiger partial charge in [0.25, 0.3) is 0 Å². The Hall–Kier alpha value is -1.15. The third-order valence-electron chi connectivity index (χ3n) is 4.93. The number of unbranched alkanes of at least 4 members (excludes halogenated alkanes) is 1. The number of benzene rings is 1. The molecule has 1 atom stereocenters. The molecule has 1 saturated heterocycles. The molecular formula is C20H31NO. The van der Waals surface area contributed by atoms with Gasteiger partial charge >= 0.3 is 0 Å². The Kier molecular flexibility index (Phi) is 7.11. The molecule has 1 aliphatic heterocycles. The number of hydrogen-bond donors (Lipinski definition) is 0. The Balaban J connectivity index is 1.79. The molecule has 2 heteroatoms. The molecule has 0 spiro atoms. The van der Waals surface area contributed by atoms with Gasteiger partial charge in [0.05, 0.1) is 0 Å². The van der Waals surface area contributed by atoms with Crippen LogP contribution >= 0.6 is 0 Å². The second-order valence-corrected chi connectivity index (χ2v) is 6.67. The molecule has 0 radical (unpaired) electrons. The van der Waals surface area contributed by atoms with Crippen LogP contribution in [0.4, 0.5) is 0 Å². The minimum absolute atomic E-state index is 0.306. The quantitative estimate of drug-likeness (QED) is 0.630. The van der Waals surface area contributed by atoms with Gasteiger partial charge in [-0.3, -0.25) is 4.79 Å². The van der Waals surface area contributed by atoms with Gasteiger partial charge in [-0.15, -0.1) is 0 Å². The predicted octanol–water partition coefficient (Wildman–Crippen LogP) is 5.00. The fourth-order valence-electron chi connectivity index (χ4n) is 3.58. The lowest BCUT2D eigenvalue weighted by Crippen LogP contribution is -2.40. The van der Waals surface area contributed by atoms with E-state index >= 15 is 0 Å². The van der Waals surface area contributed by atoms with Crippen LogP contribution in [0.3, 0.4) is 0 Å². The lowest BCUT2D eigenvalue weighted by molar-refractivity contribution is 0.0956. The van der Waals surface area contributed by atoms with Crippen LogP contribution in [0.15, 0.2) is 24.3 Å². The Labute approximate surface area is 135 Å². The van der Waals surface area contributed by atoms with Crippen molar-refractivity contribution in [3.63, 3.8) is 0 Å². The summed E-state index contributed by atoms with van der Waals surface area (Å²) in [5.74, 6) is 0.306. The molecule has 0 N–H and O–H groups in total. The standard InChI is InChI=1S/C20H31NO/c1-3-4-11-18-12-7-8-15-21(18)16-9-14-20(22)19-13-6-5-10-17(19)2/h5-6,10,13,18H,3-4,7-9,11-12,14-16H2,1-2H3. The number of piperidine rings is 1. The largest absolute Gasteiger partial charge is 0.300 e. The normalized spacial score (nSPS) is 19.3. The summed E-state index contributed by atoms with van der Waals surface area (Å²) >= 11 is 0. The van der Waals surface area contributed by atoms with E-state index in [1.165, 1.54) is 45.1 Å². The van der Waals surface area contributed by atoms with Crippen molar-refractivity contribution in [2.75, 3.05) is 13.1 Å². The van der Waals surface area contributed by atoms with Gasteiger partial charge in [-0.05, 0) is 51.3 Å². The molecule has 1 aromatic rings. The molecule has 22 heavy (non-hydrogen) atoms. The Morgan fingerprint density at radius 1 is 1.23 bits per heavy atom. The van der Waals surface area contributed by atoms with E-state index in [0.29, 0.717) is 12.2 Å². The second kappa shape index (κ2) is 9.09. The summed E-state index contributed by atoms with van der Waals surface area (Å²) in [6.07, 6.45) is 9.70. The van der Waals surface area contributed by atoms with Crippen molar-refractivity contribution >= 4 is 5.78 Å². The van der Waals surface area contributed by atoms with E-state index in [2.05, 4.69) is 11.8 Å². The number of ketones is 1. The zero-order chi connectivity index (χ0) is 15.8. The maximum absolute atomic E-state index is 12.3. The smallest absolute Gasteiger partial charge is 0.163 e. The highest BCUT2D eigenvalue weighted by molar-refractivity contribution is 5.97. The lowest BCUT2D eigenvalue weighted by atomic mass is 9.96. The van der Waals surface area contributed by atoms with Crippen LogP contribution in [0.5, 0.6) is 0 Å². The van der Waals surface area contributed by atoms with Crippen molar-refractivity contribution in [2.45, 2.75) is 71.3 Å². The monoisotopic (exact) mass is 301 g/mol. The number of aryl methyl sites for hydroxylation is 1. The first kappa shape index (κ1) is 17.2. The highest BCUT2D eigenvalue weighted by atomic mass is 16.1. The molecule has 1 aliphatic rings. The number of carbonyl (C=O) groups is 1. The fraction of sp³-hybridized carbons (Fsp3) is 0.650. The maximum Gasteiger partial charge on any atom is 0.163 e. The second-order valence-electron chi connectivity index (χ2n) is 6.67. The van der Waals surface area contributed by atoms with Crippen LogP contribution in [0, 0.1) is 6.92 Å². The summed E-state index contributed by atoms with van der Waals surface area (Å²) in [6.45, 7) is 6.62. The first-order valence-corrected chi connectivity index (χ1v) is 9.05. The van der Waals surface area contributed by atoms with Gasteiger partial charge in [0.1, 0.15) is 0 Å². The molecule has 1 aromatic carbocycles. The zero-order valence-electron chi connectivity index (χ0n) is 14.3. The fourth-order valence-corrected chi connectivity index (χ4v) is 3.58. The van der Waals surface area contributed by atoms with Gasteiger partial charge < -0.3 is 4.90 Å². The van der Waals surface area contributed by atoms with Crippen molar-refractivity contribution in [2.24, 2.45) is 0 Å². The Bertz CT molecular complexity index is 469. The molecule has 0 bridgehead atoms. The van der Waals surface area contributed by atoms with E-state index in [4.69, 9.17) is 0 Å². The molecule has 2 rings (SSSR count). The number of carbonyl (C=O) groups excluding carboxylic acids is 1. The minimum Gasteiger partial charge on any atom is -0.300 e. The van der Waals surface area contributed by atoms with Gasteiger partial charge in [0, 0.05) is 18.0 Å². The number of nitrogens with zero attached hydrogens (tertiary/aromatic N) is 1. The van der Waals surface area contributed by atoms with Crippen molar-refractivity contribution in [3.05, 3.63) is 35.4 Å². The third kappa shape index (κ3) is 4.95. The molecular weight excluding hydrogens is 270 g/mol. The summed E-state index contributed by atoms with van der Waals surface area (Å²) < 4.78 is 0. The summed E-state index contributed by atoms with van der Waals surface area (Å²) in [7, 11) is 0. The lowest BCUT2D eigenvalue weighted by Gasteiger charge is -2.35. The molecule has 1 fully saturated rings. The number of Topliss-reactive ketones (excluding diaryl/α,β-unsaturated/α-hetero) is 1. The Morgan fingerprint density at radius 3 is 2.82 bits per heavy atom. The van der Waals surface area contributed by atoms with Crippen molar-refractivity contribution < 1.29 is 4.79 Å². The molecule has 1 unspecified atom stereocenters. The zero-order valence-corrected chi connectivity index (χ0v) is 14.3.